The highest BCUT2D eigenvalue weighted by Gasteiger charge is 1.95. The van der Waals surface area contributed by atoms with Gasteiger partial charge in [-0.25, -0.2) is 0 Å². The molecule has 0 aliphatic carbocycles. The number of rotatable bonds is 1. The lowest BCUT2D eigenvalue weighted by Gasteiger charge is -2.00. The van der Waals surface area contributed by atoms with E-state index in [1.54, 1.807) is 6.08 Å². The molecule has 0 aliphatic heterocycles. The van der Waals surface area contributed by atoms with Gasteiger partial charge in [-0.3, -0.25) is 0 Å². The number of allylic oxidation sites excluding steroid dienone is 1. The Morgan fingerprint density at radius 3 is 1.42 bits per heavy atom. The van der Waals surface area contributed by atoms with Crippen molar-refractivity contribution < 1.29 is 0 Å². The summed E-state index contributed by atoms with van der Waals surface area (Å²) in [5.74, 6) is 0. The van der Waals surface area contributed by atoms with E-state index < -0.39 is 0 Å². The number of hydrogen-bond donors (Lipinski definition) is 0. The molecule has 4 aromatic rings. The van der Waals surface area contributed by atoms with Gasteiger partial charge in [-0.15, -0.1) is 0 Å². The van der Waals surface area contributed by atoms with Crippen molar-refractivity contribution in [3.05, 3.63) is 103 Å². The first-order valence-electron chi connectivity index (χ1n) is 7.85. The lowest BCUT2D eigenvalue weighted by molar-refractivity contribution is 1.54. The highest BCUT2D eigenvalue weighted by molar-refractivity contribution is 5.98. The predicted octanol–water partition coefficient (Wildman–Crippen LogP) is 6.22. The minimum absolute atomic E-state index is 1.06. The van der Waals surface area contributed by atoms with E-state index in [0.29, 0.717) is 0 Å². The smallest absolute Gasteiger partial charge is 0.0912 e. The van der Waals surface area contributed by atoms with Gasteiger partial charge < -0.3 is 0 Å². The van der Waals surface area contributed by atoms with E-state index in [1.165, 1.54) is 27.6 Å². The summed E-state index contributed by atoms with van der Waals surface area (Å²) in [6, 6.07) is 33.1. The maximum Gasteiger partial charge on any atom is 0.0912 e. The molecule has 0 amide bonds. The van der Waals surface area contributed by atoms with Gasteiger partial charge in [0.1, 0.15) is 0 Å². The maximum atomic E-state index is 8.19. The zero-order valence-corrected chi connectivity index (χ0v) is 13.3. The average molecular weight is 307 g/mol. The maximum absolute atomic E-state index is 8.19. The molecule has 1 nitrogen and oxygen atoms in total. The molecule has 4 aromatic carbocycles. The van der Waals surface area contributed by atoms with E-state index in [0.717, 1.165) is 5.56 Å². The Hall–Kier alpha value is -3.37. The Morgan fingerprint density at radius 2 is 1.00 bits per heavy atom. The van der Waals surface area contributed by atoms with Crippen LogP contribution in [0.1, 0.15) is 5.56 Å². The summed E-state index contributed by atoms with van der Waals surface area (Å²) in [6.07, 6.45) is 3.25. The van der Waals surface area contributed by atoms with Crippen molar-refractivity contribution in [2.45, 2.75) is 0 Å². The van der Waals surface area contributed by atoms with Crippen LogP contribution in [0.3, 0.4) is 0 Å². The Labute approximate surface area is 142 Å². The molecule has 0 heterocycles. The lowest BCUT2D eigenvalue weighted by atomic mass is 10.0. The molecule has 114 valence electrons. The van der Waals surface area contributed by atoms with Gasteiger partial charge in [0.2, 0.25) is 0 Å². The number of fused-ring (bicyclic) bond motifs is 2. The summed E-state index contributed by atoms with van der Waals surface area (Å²) in [5, 5.41) is 13.4. The number of benzene rings is 4. The van der Waals surface area contributed by atoms with Crippen molar-refractivity contribution in [2.24, 2.45) is 0 Å². The monoisotopic (exact) mass is 307 g/mol. The van der Waals surface area contributed by atoms with E-state index >= 15 is 0 Å². The number of nitrogens with zero attached hydrogens (tertiary/aromatic N) is 1. The van der Waals surface area contributed by atoms with Crippen molar-refractivity contribution in [3.8, 4) is 6.07 Å². The van der Waals surface area contributed by atoms with Crippen molar-refractivity contribution in [2.75, 3.05) is 0 Å². The van der Waals surface area contributed by atoms with Gasteiger partial charge in [-0.1, -0.05) is 78.9 Å². The zero-order chi connectivity index (χ0) is 16.6. The second-order valence-electron chi connectivity index (χ2n) is 5.42. The molecule has 0 N–H and O–H groups in total. The van der Waals surface area contributed by atoms with Gasteiger partial charge in [-0.2, -0.15) is 5.26 Å². The fourth-order valence-electron chi connectivity index (χ4n) is 2.58. The molecule has 24 heavy (non-hydrogen) atoms. The highest BCUT2D eigenvalue weighted by Crippen LogP contribution is 2.21. The second kappa shape index (κ2) is 7.76. The molecule has 0 saturated heterocycles. The zero-order valence-electron chi connectivity index (χ0n) is 13.3. The Bertz CT molecular complexity index is 903. The first kappa shape index (κ1) is 15.5. The first-order valence-corrected chi connectivity index (χ1v) is 7.85. The van der Waals surface area contributed by atoms with Crippen LogP contribution >= 0.6 is 0 Å². The van der Waals surface area contributed by atoms with Gasteiger partial charge in [-0.05, 0) is 45.3 Å². The fraction of sp³-hybridized carbons (Fsp3) is 0. The van der Waals surface area contributed by atoms with E-state index in [4.69, 9.17) is 5.26 Å². The molecular formula is C23H17N. The molecule has 0 fully saturated rings. The van der Waals surface area contributed by atoms with Gasteiger partial charge in [0, 0.05) is 6.08 Å². The third-order valence-corrected chi connectivity index (χ3v) is 3.76. The Morgan fingerprint density at radius 1 is 0.583 bits per heavy atom. The molecule has 0 bridgehead atoms. The topological polar surface area (TPSA) is 23.8 Å². The summed E-state index contributed by atoms with van der Waals surface area (Å²) >= 11 is 0. The Balaban J connectivity index is 0.000000150. The SMILES string of the molecule is N#CC=Cc1ccccc1.c1ccc2cc3ccccc3cc2c1. The molecule has 0 aliphatic rings. The highest BCUT2D eigenvalue weighted by atomic mass is 14.2. The number of hydrogen-bond acceptors (Lipinski definition) is 1. The molecule has 0 saturated carbocycles. The minimum Gasteiger partial charge on any atom is -0.193 e. The summed E-state index contributed by atoms with van der Waals surface area (Å²) in [4.78, 5) is 0. The van der Waals surface area contributed by atoms with E-state index in [1.807, 2.05) is 36.4 Å². The molecule has 4 rings (SSSR count). The van der Waals surface area contributed by atoms with Crippen molar-refractivity contribution >= 4 is 27.6 Å². The van der Waals surface area contributed by atoms with Crippen LogP contribution in [0.2, 0.25) is 0 Å². The molecule has 1 heteroatoms. The van der Waals surface area contributed by atoms with Crippen LogP contribution in [0.15, 0.2) is 97.1 Å². The van der Waals surface area contributed by atoms with Gasteiger partial charge >= 0.3 is 0 Å². The molecular weight excluding hydrogens is 290 g/mol. The minimum atomic E-state index is 1.06. The van der Waals surface area contributed by atoms with Crippen LogP contribution in [0.5, 0.6) is 0 Å². The third-order valence-electron chi connectivity index (χ3n) is 3.76. The van der Waals surface area contributed by atoms with Gasteiger partial charge in [0.25, 0.3) is 0 Å². The average Bonchev–Trinajstić information content (AvgIpc) is 2.66. The van der Waals surface area contributed by atoms with Crippen LogP contribution in [0.4, 0.5) is 0 Å². The molecule has 0 aromatic heterocycles. The standard InChI is InChI=1S/C14H10.C9H7N/c1-2-6-12-10-14-8-4-3-7-13(14)9-11(12)5-1;10-8-4-7-9-5-2-1-3-6-9/h1-10H;1-7H. The quantitative estimate of drug-likeness (QED) is 0.302. The van der Waals surface area contributed by atoms with Crippen molar-refractivity contribution in [1.29, 1.82) is 5.26 Å². The molecule has 0 radical (unpaired) electrons. The first-order chi connectivity index (χ1) is 11.9. The van der Waals surface area contributed by atoms with Crippen molar-refractivity contribution in [1.82, 2.24) is 0 Å². The summed E-state index contributed by atoms with van der Waals surface area (Å²) in [5.41, 5.74) is 1.06. The molecule has 0 atom stereocenters. The third kappa shape index (κ3) is 3.88. The van der Waals surface area contributed by atoms with Crippen LogP contribution in [0, 0.1) is 11.3 Å². The molecule has 0 spiro atoms. The van der Waals surface area contributed by atoms with Crippen LogP contribution in [-0.2, 0) is 0 Å². The fourth-order valence-corrected chi connectivity index (χ4v) is 2.58. The summed E-state index contributed by atoms with van der Waals surface area (Å²) in [7, 11) is 0. The van der Waals surface area contributed by atoms with Gasteiger partial charge in [0.05, 0.1) is 6.07 Å². The normalized spacial score (nSPS) is 10.3. The number of nitriles is 1. The second-order valence-corrected chi connectivity index (χ2v) is 5.42. The van der Waals surface area contributed by atoms with Crippen LogP contribution < -0.4 is 0 Å². The summed E-state index contributed by atoms with van der Waals surface area (Å²) < 4.78 is 0. The lowest BCUT2D eigenvalue weighted by Crippen LogP contribution is -1.74. The largest absolute Gasteiger partial charge is 0.193 e. The van der Waals surface area contributed by atoms with E-state index in [9.17, 15) is 0 Å². The predicted molar refractivity (Wildman–Crippen MR) is 103 cm³/mol. The van der Waals surface area contributed by atoms with Crippen LogP contribution in [0.25, 0.3) is 27.6 Å². The van der Waals surface area contributed by atoms with E-state index in [2.05, 4.69) is 60.7 Å². The van der Waals surface area contributed by atoms with Crippen LogP contribution in [-0.4, -0.2) is 0 Å². The molecule has 0 unspecified atom stereocenters. The van der Waals surface area contributed by atoms with E-state index in [-0.39, 0.29) is 0 Å². The Kier molecular flexibility index (Phi) is 5.02. The summed E-state index contributed by atoms with van der Waals surface area (Å²) in [6.45, 7) is 0. The van der Waals surface area contributed by atoms with Crippen molar-refractivity contribution in [3.63, 3.8) is 0 Å². The van der Waals surface area contributed by atoms with Gasteiger partial charge in [0.15, 0.2) is 0 Å².